The molecule has 114 valence electrons. The van der Waals surface area contributed by atoms with Gasteiger partial charge < -0.3 is 9.64 Å². The SMILES string of the molecule is COc1ccc(N2CC(SC(C)=O)CC2=O)c2cccnc12. The number of rotatable bonds is 3. The fourth-order valence-corrected chi connectivity index (χ4v) is 3.67. The minimum atomic E-state index is 0.0128. The molecule has 1 aliphatic rings. The zero-order valence-corrected chi connectivity index (χ0v) is 13.2. The molecule has 0 saturated carbocycles. The van der Waals surface area contributed by atoms with E-state index in [4.69, 9.17) is 4.74 Å². The number of nitrogens with zero attached hydrogens (tertiary/aromatic N) is 2. The third-order valence-corrected chi connectivity index (χ3v) is 4.62. The number of pyridine rings is 1. The molecule has 1 aromatic carbocycles. The molecule has 0 radical (unpaired) electrons. The number of benzene rings is 1. The van der Waals surface area contributed by atoms with Crippen molar-refractivity contribution in [3.63, 3.8) is 0 Å². The van der Waals surface area contributed by atoms with Crippen molar-refractivity contribution in [2.45, 2.75) is 18.6 Å². The summed E-state index contributed by atoms with van der Waals surface area (Å²) >= 11 is 1.24. The third kappa shape index (κ3) is 2.66. The molecule has 0 bridgehead atoms. The number of ether oxygens (including phenoxy) is 1. The smallest absolute Gasteiger partial charge is 0.228 e. The molecule has 3 rings (SSSR count). The third-order valence-electron chi connectivity index (χ3n) is 3.64. The van der Waals surface area contributed by atoms with Gasteiger partial charge in [0.15, 0.2) is 5.12 Å². The first kappa shape index (κ1) is 14.8. The van der Waals surface area contributed by atoms with Crippen LogP contribution in [-0.4, -0.2) is 34.9 Å². The summed E-state index contributed by atoms with van der Waals surface area (Å²) in [5.74, 6) is 0.717. The fourth-order valence-electron chi connectivity index (χ4n) is 2.75. The number of anilines is 1. The van der Waals surface area contributed by atoms with Crippen LogP contribution < -0.4 is 9.64 Å². The molecule has 1 saturated heterocycles. The van der Waals surface area contributed by atoms with Crippen LogP contribution in [0.25, 0.3) is 10.9 Å². The van der Waals surface area contributed by atoms with Crippen LogP contribution in [-0.2, 0) is 9.59 Å². The number of methoxy groups -OCH3 is 1. The van der Waals surface area contributed by atoms with Crippen LogP contribution in [0.1, 0.15) is 13.3 Å². The first-order valence-electron chi connectivity index (χ1n) is 6.99. The number of thioether (sulfide) groups is 1. The zero-order valence-electron chi connectivity index (χ0n) is 12.4. The molecule has 2 heterocycles. The summed E-state index contributed by atoms with van der Waals surface area (Å²) in [6.45, 7) is 2.07. The molecule has 1 aliphatic heterocycles. The first-order valence-corrected chi connectivity index (χ1v) is 7.87. The van der Waals surface area contributed by atoms with Gasteiger partial charge in [-0.2, -0.15) is 0 Å². The maximum absolute atomic E-state index is 12.3. The highest BCUT2D eigenvalue weighted by Gasteiger charge is 2.32. The molecule has 1 amide bonds. The molecule has 0 spiro atoms. The number of carbonyl (C=O) groups is 2. The highest BCUT2D eigenvalue weighted by atomic mass is 32.2. The van der Waals surface area contributed by atoms with Crippen LogP contribution in [0, 0.1) is 0 Å². The van der Waals surface area contributed by atoms with E-state index in [-0.39, 0.29) is 16.3 Å². The van der Waals surface area contributed by atoms with Gasteiger partial charge in [0.25, 0.3) is 0 Å². The van der Waals surface area contributed by atoms with Crippen LogP contribution in [0.15, 0.2) is 30.5 Å². The van der Waals surface area contributed by atoms with E-state index in [1.165, 1.54) is 18.7 Å². The lowest BCUT2D eigenvalue weighted by Gasteiger charge is -2.19. The summed E-state index contributed by atoms with van der Waals surface area (Å²) in [4.78, 5) is 29.7. The average Bonchev–Trinajstić information content (AvgIpc) is 2.85. The number of hydrogen-bond acceptors (Lipinski definition) is 5. The summed E-state index contributed by atoms with van der Waals surface area (Å²) in [6.07, 6.45) is 2.09. The van der Waals surface area contributed by atoms with Gasteiger partial charge in [0.05, 0.1) is 12.8 Å². The van der Waals surface area contributed by atoms with Gasteiger partial charge in [-0.25, -0.2) is 0 Å². The maximum atomic E-state index is 12.3. The molecule has 1 unspecified atom stereocenters. The fraction of sp³-hybridized carbons (Fsp3) is 0.312. The molecular formula is C16H16N2O3S. The highest BCUT2D eigenvalue weighted by Crippen LogP contribution is 2.36. The van der Waals surface area contributed by atoms with Gasteiger partial charge in [-0.1, -0.05) is 11.8 Å². The second-order valence-corrected chi connectivity index (χ2v) is 6.60. The summed E-state index contributed by atoms with van der Waals surface area (Å²) in [7, 11) is 1.60. The van der Waals surface area contributed by atoms with Crippen molar-refractivity contribution in [3.8, 4) is 5.75 Å². The monoisotopic (exact) mass is 316 g/mol. The Kier molecular flexibility index (Phi) is 4.02. The van der Waals surface area contributed by atoms with Crippen molar-refractivity contribution in [3.05, 3.63) is 30.5 Å². The number of hydrogen-bond donors (Lipinski definition) is 0. The Morgan fingerprint density at radius 3 is 2.95 bits per heavy atom. The molecule has 5 nitrogen and oxygen atoms in total. The number of fused-ring (bicyclic) bond motifs is 1. The van der Waals surface area contributed by atoms with Crippen molar-refractivity contribution >= 4 is 39.4 Å². The molecular weight excluding hydrogens is 300 g/mol. The Balaban J connectivity index is 2.00. The Bertz CT molecular complexity index is 747. The lowest BCUT2D eigenvalue weighted by atomic mass is 10.1. The van der Waals surface area contributed by atoms with Gasteiger partial charge in [0.2, 0.25) is 5.91 Å². The zero-order chi connectivity index (χ0) is 15.7. The first-order chi connectivity index (χ1) is 10.6. The predicted octanol–water partition coefficient (Wildman–Crippen LogP) is 2.63. The molecule has 1 aromatic heterocycles. The van der Waals surface area contributed by atoms with Gasteiger partial charge >= 0.3 is 0 Å². The summed E-state index contributed by atoms with van der Waals surface area (Å²) < 4.78 is 5.33. The second-order valence-electron chi connectivity index (χ2n) is 5.13. The highest BCUT2D eigenvalue weighted by molar-refractivity contribution is 8.14. The van der Waals surface area contributed by atoms with Crippen molar-refractivity contribution in [1.82, 2.24) is 4.98 Å². The van der Waals surface area contributed by atoms with Crippen molar-refractivity contribution in [2.24, 2.45) is 0 Å². The lowest BCUT2D eigenvalue weighted by Crippen LogP contribution is -2.25. The van der Waals surface area contributed by atoms with Gasteiger partial charge in [-0.3, -0.25) is 14.6 Å². The summed E-state index contributed by atoms with van der Waals surface area (Å²) in [6, 6.07) is 7.47. The lowest BCUT2D eigenvalue weighted by molar-refractivity contribution is -0.117. The van der Waals surface area contributed by atoms with Crippen molar-refractivity contribution < 1.29 is 14.3 Å². The van der Waals surface area contributed by atoms with Crippen LogP contribution in [0.5, 0.6) is 5.75 Å². The second kappa shape index (κ2) is 5.96. The van der Waals surface area contributed by atoms with Gasteiger partial charge in [0, 0.05) is 36.7 Å². The van der Waals surface area contributed by atoms with E-state index in [1.54, 1.807) is 18.2 Å². The molecule has 0 aliphatic carbocycles. The van der Waals surface area contributed by atoms with Crippen LogP contribution >= 0.6 is 11.8 Å². The van der Waals surface area contributed by atoms with Gasteiger partial charge in [-0.15, -0.1) is 0 Å². The van der Waals surface area contributed by atoms with Crippen LogP contribution in [0.3, 0.4) is 0 Å². The minimum Gasteiger partial charge on any atom is -0.494 e. The Labute approximate surface area is 132 Å². The summed E-state index contributed by atoms with van der Waals surface area (Å²) in [5.41, 5.74) is 1.55. The quantitative estimate of drug-likeness (QED) is 0.871. The maximum Gasteiger partial charge on any atom is 0.228 e. The summed E-state index contributed by atoms with van der Waals surface area (Å²) in [5, 5.41) is 0.934. The normalized spacial score (nSPS) is 18.0. The largest absolute Gasteiger partial charge is 0.494 e. The molecule has 6 heteroatoms. The van der Waals surface area contributed by atoms with E-state index in [0.29, 0.717) is 18.7 Å². The number of carbonyl (C=O) groups excluding carboxylic acids is 2. The van der Waals surface area contributed by atoms with E-state index in [1.807, 2.05) is 24.3 Å². The average molecular weight is 316 g/mol. The predicted molar refractivity (Wildman–Crippen MR) is 87.3 cm³/mol. The van der Waals surface area contributed by atoms with Crippen molar-refractivity contribution in [1.29, 1.82) is 0 Å². The van der Waals surface area contributed by atoms with E-state index in [0.717, 1.165) is 16.6 Å². The minimum absolute atomic E-state index is 0.0128. The van der Waals surface area contributed by atoms with Crippen LogP contribution in [0.2, 0.25) is 0 Å². The number of amides is 1. The van der Waals surface area contributed by atoms with Crippen LogP contribution in [0.4, 0.5) is 5.69 Å². The van der Waals surface area contributed by atoms with E-state index < -0.39 is 0 Å². The Hall–Kier alpha value is -2.08. The molecule has 22 heavy (non-hydrogen) atoms. The molecule has 0 N–H and O–H groups in total. The standard InChI is InChI=1S/C16H16N2O3S/c1-10(19)22-11-8-15(20)18(9-11)13-5-6-14(21-2)16-12(13)4-3-7-17-16/h3-7,11H,8-9H2,1-2H3. The number of aromatic nitrogens is 1. The molecule has 2 aromatic rings. The van der Waals surface area contributed by atoms with E-state index in [9.17, 15) is 9.59 Å². The molecule has 1 atom stereocenters. The van der Waals surface area contributed by atoms with E-state index in [2.05, 4.69) is 4.98 Å². The Morgan fingerprint density at radius 2 is 2.23 bits per heavy atom. The molecule has 1 fully saturated rings. The topological polar surface area (TPSA) is 59.5 Å². The van der Waals surface area contributed by atoms with Gasteiger partial charge in [0.1, 0.15) is 11.3 Å². The van der Waals surface area contributed by atoms with Crippen molar-refractivity contribution in [2.75, 3.05) is 18.6 Å². The van der Waals surface area contributed by atoms with Gasteiger partial charge in [-0.05, 0) is 24.3 Å². The Morgan fingerprint density at radius 1 is 1.41 bits per heavy atom. The van der Waals surface area contributed by atoms with E-state index >= 15 is 0 Å².